The maximum Gasteiger partial charge on any atom is 0.416 e. The molecule has 3 saturated heterocycles. The lowest BCUT2D eigenvalue weighted by atomic mass is 9.84. The predicted octanol–water partition coefficient (Wildman–Crippen LogP) is 5.42. The summed E-state index contributed by atoms with van der Waals surface area (Å²) in [6.07, 6.45) is 3.63. The summed E-state index contributed by atoms with van der Waals surface area (Å²) in [5, 5.41) is 0. The van der Waals surface area contributed by atoms with Crippen LogP contribution < -0.4 is 0 Å². The van der Waals surface area contributed by atoms with Crippen molar-refractivity contribution in [3.63, 3.8) is 0 Å². The summed E-state index contributed by atoms with van der Waals surface area (Å²) in [7, 11) is 0. The summed E-state index contributed by atoms with van der Waals surface area (Å²) in [5.74, 6) is 0.806. The highest BCUT2D eigenvalue weighted by Crippen LogP contribution is 2.40. The number of ether oxygens (including phenoxy) is 1. The lowest BCUT2D eigenvalue weighted by Crippen LogP contribution is -2.54. The van der Waals surface area contributed by atoms with E-state index < -0.39 is 11.7 Å². The molecule has 1 aromatic carbocycles. The first-order chi connectivity index (χ1) is 16.8. The molecule has 0 unspecified atom stereocenters. The van der Waals surface area contributed by atoms with E-state index in [4.69, 9.17) is 4.74 Å². The van der Waals surface area contributed by atoms with Crippen molar-refractivity contribution in [1.82, 2.24) is 9.80 Å². The molecule has 5 nitrogen and oxygen atoms in total. The van der Waals surface area contributed by atoms with Gasteiger partial charge in [0.25, 0.3) is 0 Å². The molecule has 2 amide bonds. The third-order valence-corrected chi connectivity index (χ3v) is 8.54. The highest BCUT2D eigenvalue weighted by molar-refractivity contribution is 5.81. The molecule has 3 heterocycles. The van der Waals surface area contributed by atoms with Crippen molar-refractivity contribution in [3.8, 4) is 0 Å². The normalized spacial score (nSPS) is 26.8. The maximum atomic E-state index is 13.4. The molecule has 192 valence electrons. The van der Waals surface area contributed by atoms with Crippen molar-refractivity contribution in [2.75, 3.05) is 32.8 Å². The number of amides is 2. The van der Waals surface area contributed by atoms with Gasteiger partial charge in [0.1, 0.15) is 6.61 Å². The van der Waals surface area contributed by atoms with Crippen LogP contribution in [0.4, 0.5) is 18.0 Å². The van der Waals surface area contributed by atoms with Gasteiger partial charge in [0.15, 0.2) is 5.78 Å². The number of carbonyl (C=O) groups is 2. The molecule has 35 heavy (non-hydrogen) atoms. The number of alkyl halides is 3. The van der Waals surface area contributed by atoms with Crippen LogP contribution in [-0.2, 0) is 22.1 Å². The van der Waals surface area contributed by atoms with Gasteiger partial charge in [-0.15, -0.1) is 0 Å². The summed E-state index contributed by atoms with van der Waals surface area (Å²) in [5.41, 5.74) is 1.40. The average Bonchev–Trinajstić information content (AvgIpc) is 3.38. The van der Waals surface area contributed by atoms with Crippen molar-refractivity contribution in [2.45, 2.75) is 76.0 Å². The number of likely N-dealkylation sites (tertiary alicyclic amines) is 2. The zero-order chi connectivity index (χ0) is 24.6. The molecule has 0 N–H and O–H groups in total. The number of urea groups is 1. The highest BCUT2D eigenvalue weighted by Gasteiger charge is 2.38. The third-order valence-electron chi connectivity index (χ3n) is 8.54. The van der Waals surface area contributed by atoms with Gasteiger partial charge >= 0.3 is 12.2 Å². The molecule has 5 rings (SSSR count). The van der Waals surface area contributed by atoms with E-state index in [0.717, 1.165) is 62.5 Å². The van der Waals surface area contributed by atoms with Crippen molar-refractivity contribution in [1.29, 1.82) is 0 Å². The Morgan fingerprint density at radius 2 is 1.71 bits per heavy atom. The highest BCUT2D eigenvalue weighted by atomic mass is 19.4. The van der Waals surface area contributed by atoms with Crippen LogP contribution >= 0.6 is 0 Å². The van der Waals surface area contributed by atoms with Gasteiger partial charge in [-0.3, -0.25) is 4.79 Å². The molecule has 0 bridgehead atoms. The summed E-state index contributed by atoms with van der Waals surface area (Å²) in [6.45, 7) is 2.77. The Morgan fingerprint density at radius 3 is 2.43 bits per heavy atom. The first-order valence-electron chi connectivity index (χ1n) is 13.1. The monoisotopic (exact) mass is 492 g/mol. The maximum absolute atomic E-state index is 13.4. The molecular weight excluding hydrogens is 457 g/mol. The van der Waals surface area contributed by atoms with Crippen molar-refractivity contribution in [2.24, 2.45) is 11.8 Å². The van der Waals surface area contributed by atoms with Crippen molar-refractivity contribution in [3.05, 3.63) is 34.9 Å². The molecule has 3 aliphatic heterocycles. The number of nitrogens with zero attached hydrogens (tertiary/aromatic N) is 2. The molecule has 1 saturated carbocycles. The minimum Gasteiger partial charge on any atom is -0.370 e. The zero-order valence-electron chi connectivity index (χ0n) is 20.2. The fourth-order valence-corrected chi connectivity index (χ4v) is 6.56. The molecule has 4 aliphatic rings. The Bertz CT molecular complexity index is 936. The topological polar surface area (TPSA) is 49.9 Å². The fraction of sp³-hybridized carbons (Fsp3) is 0.704. The number of hydrogen-bond acceptors (Lipinski definition) is 3. The van der Waals surface area contributed by atoms with Crippen LogP contribution in [0.25, 0.3) is 0 Å². The molecule has 0 aromatic heterocycles. The number of piperidine rings is 2. The molecule has 0 spiro atoms. The smallest absolute Gasteiger partial charge is 0.370 e. The molecule has 2 atom stereocenters. The molecular formula is C27H35F3N2O3. The Balaban J connectivity index is 1.19. The van der Waals surface area contributed by atoms with Crippen LogP contribution in [0.15, 0.2) is 18.2 Å². The van der Waals surface area contributed by atoms with E-state index >= 15 is 0 Å². The number of benzene rings is 1. The summed E-state index contributed by atoms with van der Waals surface area (Å²) >= 11 is 0. The summed E-state index contributed by atoms with van der Waals surface area (Å²) < 4.78 is 45.7. The van der Waals surface area contributed by atoms with Gasteiger partial charge in [-0.25, -0.2) is 4.79 Å². The van der Waals surface area contributed by atoms with Crippen molar-refractivity contribution < 1.29 is 27.5 Å². The van der Waals surface area contributed by atoms with E-state index in [2.05, 4.69) is 0 Å². The van der Waals surface area contributed by atoms with Crippen LogP contribution in [0.5, 0.6) is 0 Å². The Kier molecular flexibility index (Phi) is 7.11. The summed E-state index contributed by atoms with van der Waals surface area (Å²) in [4.78, 5) is 28.7. The van der Waals surface area contributed by atoms with E-state index in [-0.39, 0.29) is 36.4 Å². The van der Waals surface area contributed by atoms with Gasteiger partial charge in [0.2, 0.25) is 0 Å². The Hall–Kier alpha value is -2.09. The molecule has 1 aliphatic carbocycles. The van der Waals surface area contributed by atoms with Crippen molar-refractivity contribution >= 4 is 11.8 Å². The van der Waals surface area contributed by atoms with Gasteiger partial charge in [-0.2, -0.15) is 13.2 Å². The van der Waals surface area contributed by atoms with Crippen LogP contribution in [0.3, 0.4) is 0 Å². The standard InChI is InChI=1S/C27H35F3N2O3/c28-27(29,30)22-6-5-20(24(15-22)19-3-1-2-4-19)13-18-7-10-31(11-8-18)26(34)32-12-9-25-21(16-32)14-23(33)17-35-25/h5-6,15,18-19,21,25H,1-4,7-14,16-17H2/t21-,25+/m1/s1. The Labute approximate surface area is 205 Å². The van der Waals surface area contributed by atoms with Crippen LogP contribution in [0, 0.1) is 11.8 Å². The molecule has 4 fully saturated rings. The van der Waals surface area contributed by atoms with E-state index in [1.165, 1.54) is 12.1 Å². The minimum atomic E-state index is -4.32. The van der Waals surface area contributed by atoms with E-state index in [9.17, 15) is 22.8 Å². The van der Waals surface area contributed by atoms with E-state index in [1.807, 2.05) is 9.80 Å². The SMILES string of the molecule is O=C1CO[C@H]2CCN(C(=O)N3CCC(Cc4ccc(C(F)(F)F)cc4C4CCCC4)CC3)C[C@H]2C1. The number of ketones is 1. The first-order valence-corrected chi connectivity index (χ1v) is 13.1. The Morgan fingerprint density at radius 1 is 1.00 bits per heavy atom. The second-order valence-electron chi connectivity index (χ2n) is 10.9. The van der Waals surface area contributed by atoms with Crippen LogP contribution in [0.1, 0.15) is 74.0 Å². The number of fused-ring (bicyclic) bond motifs is 1. The largest absolute Gasteiger partial charge is 0.416 e. The zero-order valence-corrected chi connectivity index (χ0v) is 20.2. The number of carbonyl (C=O) groups excluding carboxylic acids is 2. The first kappa shape index (κ1) is 24.6. The summed E-state index contributed by atoms with van der Waals surface area (Å²) in [6, 6.07) is 4.37. The number of hydrogen-bond donors (Lipinski definition) is 0. The second kappa shape index (κ2) is 10.1. The average molecular weight is 493 g/mol. The fourth-order valence-electron chi connectivity index (χ4n) is 6.56. The van der Waals surface area contributed by atoms with Gasteiger partial charge in [0.05, 0.1) is 11.7 Å². The lowest BCUT2D eigenvalue weighted by Gasteiger charge is -2.43. The molecule has 0 radical (unpaired) electrons. The van der Waals surface area contributed by atoms with Crippen LogP contribution in [-0.4, -0.2) is 60.5 Å². The quantitative estimate of drug-likeness (QED) is 0.566. The van der Waals surface area contributed by atoms with Gasteiger partial charge < -0.3 is 14.5 Å². The third kappa shape index (κ3) is 5.52. The predicted molar refractivity (Wildman–Crippen MR) is 125 cm³/mol. The van der Waals surface area contributed by atoms with Gasteiger partial charge in [-0.05, 0) is 73.6 Å². The minimum absolute atomic E-state index is 0.0427. The van der Waals surface area contributed by atoms with Gasteiger partial charge in [-0.1, -0.05) is 18.9 Å². The number of rotatable bonds is 3. The lowest BCUT2D eigenvalue weighted by molar-refractivity contribution is -0.140. The second-order valence-corrected chi connectivity index (χ2v) is 10.9. The van der Waals surface area contributed by atoms with E-state index in [1.54, 1.807) is 6.07 Å². The molecule has 1 aromatic rings. The van der Waals surface area contributed by atoms with Crippen LogP contribution in [0.2, 0.25) is 0 Å². The van der Waals surface area contributed by atoms with Gasteiger partial charge in [0, 0.05) is 38.5 Å². The van der Waals surface area contributed by atoms with E-state index in [0.29, 0.717) is 38.5 Å². The number of Topliss-reactive ketones (excluding diaryl/α,β-unsaturated/α-hetero) is 1. The number of halogens is 3. The molecule has 8 heteroatoms.